The second-order valence-corrected chi connectivity index (χ2v) is 6.87. The second-order valence-electron chi connectivity index (χ2n) is 6.22. The van der Waals surface area contributed by atoms with Gasteiger partial charge in [0.25, 0.3) is 5.91 Å². The Bertz CT molecular complexity index is 1060. The zero-order valence-corrected chi connectivity index (χ0v) is 15.7. The van der Waals surface area contributed by atoms with Crippen LogP contribution < -0.4 is 20.1 Å². The molecule has 0 saturated carbocycles. The van der Waals surface area contributed by atoms with Crippen LogP contribution in [0.5, 0.6) is 11.5 Å². The van der Waals surface area contributed by atoms with E-state index in [4.69, 9.17) is 25.5 Å². The van der Waals surface area contributed by atoms with Crippen LogP contribution in [-0.2, 0) is 4.79 Å². The number of halogens is 1. The van der Waals surface area contributed by atoms with Crippen LogP contribution in [0.25, 0.3) is 11.0 Å². The SMILES string of the molecule is C[C@H](Cl)C(=O)Nc1c(C(=O)Nc2ccc3c(c2)OCCO3)oc2ccccc12. The molecule has 2 heterocycles. The molecule has 0 saturated heterocycles. The summed E-state index contributed by atoms with van der Waals surface area (Å²) < 4.78 is 16.7. The molecule has 0 aliphatic carbocycles. The molecule has 1 aliphatic rings. The van der Waals surface area contributed by atoms with E-state index in [-0.39, 0.29) is 11.4 Å². The maximum Gasteiger partial charge on any atom is 0.293 e. The van der Waals surface area contributed by atoms with Crippen molar-refractivity contribution in [2.24, 2.45) is 0 Å². The normalized spacial score (nSPS) is 13.8. The highest BCUT2D eigenvalue weighted by molar-refractivity contribution is 6.33. The Balaban J connectivity index is 1.66. The summed E-state index contributed by atoms with van der Waals surface area (Å²) in [5.74, 6) is 0.226. The molecule has 1 atom stereocenters. The molecule has 0 radical (unpaired) electrons. The van der Waals surface area contributed by atoms with E-state index in [1.54, 1.807) is 49.4 Å². The van der Waals surface area contributed by atoms with E-state index in [1.165, 1.54) is 0 Å². The monoisotopic (exact) mass is 400 g/mol. The van der Waals surface area contributed by atoms with E-state index < -0.39 is 17.2 Å². The quantitative estimate of drug-likeness (QED) is 0.645. The van der Waals surface area contributed by atoms with E-state index in [2.05, 4.69) is 10.6 Å². The van der Waals surface area contributed by atoms with E-state index in [1.807, 2.05) is 0 Å². The molecular weight excluding hydrogens is 384 g/mol. The number of hydrogen-bond acceptors (Lipinski definition) is 5. The lowest BCUT2D eigenvalue weighted by molar-refractivity contribution is -0.115. The highest BCUT2D eigenvalue weighted by Crippen LogP contribution is 2.34. The van der Waals surface area contributed by atoms with Crippen molar-refractivity contribution in [3.63, 3.8) is 0 Å². The van der Waals surface area contributed by atoms with Crippen molar-refractivity contribution in [2.45, 2.75) is 12.3 Å². The summed E-state index contributed by atoms with van der Waals surface area (Å²) in [6.07, 6.45) is 0. The maximum atomic E-state index is 12.9. The van der Waals surface area contributed by atoms with Crippen LogP contribution in [0.3, 0.4) is 0 Å². The van der Waals surface area contributed by atoms with Crippen molar-refractivity contribution in [1.29, 1.82) is 0 Å². The number of carbonyl (C=O) groups is 2. The number of anilines is 2. The van der Waals surface area contributed by atoms with Crippen molar-refractivity contribution >= 4 is 45.8 Å². The van der Waals surface area contributed by atoms with Gasteiger partial charge in [-0.2, -0.15) is 0 Å². The number of benzene rings is 2. The first-order chi connectivity index (χ1) is 13.5. The van der Waals surface area contributed by atoms with Crippen molar-refractivity contribution in [3.05, 3.63) is 48.2 Å². The Morgan fingerprint density at radius 2 is 1.79 bits per heavy atom. The van der Waals surface area contributed by atoms with Crippen LogP contribution in [0, 0.1) is 0 Å². The van der Waals surface area contributed by atoms with Gasteiger partial charge in [0.05, 0.1) is 0 Å². The van der Waals surface area contributed by atoms with E-state index in [0.29, 0.717) is 41.4 Å². The number of furan rings is 1. The Labute approximate surface area is 165 Å². The van der Waals surface area contributed by atoms with Crippen LogP contribution >= 0.6 is 11.6 Å². The standard InChI is InChI=1S/C20H17ClN2O5/c1-11(21)19(24)23-17-13-4-2-3-5-14(13)28-18(17)20(25)22-12-6-7-15-16(10-12)27-9-8-26-15/h2-7,10-11H,8-9H2,1H3,(H,22,25)(H,23,24)/t11-/m0/s1. The van der Waals surface area contributed by atoms with Gasteiger partial charge >= 0.3 is 0 Å². The molecule has 7 nitrogen and oxygen atoms in total. The molecule has 1 aliphatic heterocycles. The number of para-hydroxylation sites is 1. The van der Waals surface area contributed by atoms with Gasteiger partial charge in [-0.1, -0.05) is 12.1 Å². The second kappa shape index (κ2) is 7.44. The molecule has 8 heteroatoms. The molecule has 0 unspecified atom stereocenters. The van der Waals surface area contributed by atoms with Gasteiger partial charge in [-0.3, -0.25) is 9.59 Å². The third-order valence-corrected chi connectivity index (χ3v) is 4.41. The molecule has 1 aromatic heterocycles. The maximum absolute atomic E-state index is 12.9. The van der Waals surface area contributed by atoms with E-state index in [0.717, 1.165) is 0 Å². The lowest BCUT2D eigenvalue weighted by atomic mass is 10.2. The van der Waals surface area contributed by atoms with Crippen LogP contribution in [-0.4, -0.2) is 30.4 Å². The molecule has 28 heavy (non-hydrogen) atoms. The lowest BCUT2D eigenvalue weighted by Gasteiger charge is -2.18. The highest BCUT2D eigenvalue weighted by atomic mass is 35.5. The van der Waals surface area contributed by atoms with Gasteiger partial charge in [0.2, 0.25) is 11.7 Å². The first-order valence-corrected chi connectivity index (χ1v) is 9.14. The van der Waals surface area contributed by atoms with Crippen LogP contribution in [0.4, 0.5) is 11.4 Å². The van der Waals surface area contributed by atoms with Gasteiger partial charge in [-0.25, -0.2) is 0 Å². The van der Waals surface area contributed by atoms with Crippen LogP contribution in [0.1, 0.15) is 17.5 Å². The third-order valence-electron chi connectivity index (χ3n) is 4.21. The minimum absolute atomic E-state index is 0.0123. The Hall–Kier alpha value is -3.19. The van der Waals surface area contributed by atoms with Crippen molar-refractivity contribution in [2.75, 3.05) is 23.8 Å². The minimum Gasteiger partial charge on any atom is -0.486 e. The van der Waals surface area contributed by atoms with Gasteiger partial charge in [0, 0.05) is 17.1 Å². The first-order valence-electron chi connectivity index (χ1n) is 8.70. The van der Waals surface area contributed by atoms with Gasteiger partial charge in [0.15, 0.2) is 11.5 Å². The molecule has 0 fully saturated rings. The van der Waals surface area contributed by atoms with Gasteiger partial charge in [-0.15, -0.1) is 11.6 Å². The zero-order chi connectivity index (χ0) is 19.7. The fraction of sp³-hybridized carbons (Fsp3) is 0.200. The predicted octanol–water partition coefficient (Wildman–Crippen LogP) is 4.02. The summed E-state index contributed by atoms with van der Waals surface area (Å²) in [4.78, 5) is 25.0. The number of alkyl halides is 1. The molecule has 0 bridgehead atoms. The number of rotatable bonds is 4. The Morgan fingerprint density at radius 3 is 2.57 bits per heavy atom. The zero-order valence-electron chi connectivity index (χ0n) is 15.0. The molecule has 144 valence electrons. The molecular formula is C20H17ClN2O5. The summed E-state index contributed by atoms with van der Waals surface area (Å²) >= 11 is 5.86. The molecule has 2 aromatic carbocycles. The number of carbonyl (C=O) groups excluding carboxylic acids is 2. The molecule has 2 N–H and O–H groups in total. The number of hydrogen-bond donors (Lipinski definition) is 2. The summed E-state index contributed by atoms with van der Waals surface area (Å²) in [6, 6.07) is 12.1. The summed E-state index contributed by atoms with van der Waals surface area (Å²) in [6.45, 7) is 2.48. The van der Waals surface area contributed by atoms with E-state index >= 15 is 0 Å². The van der Waals surface area contributed by atoms with Crippen molar-refractivity contribution in [3.8, 4) is 11.5 Å². The van der Waals surface area contributed by atoms with Crippen molar-refractivity contribution in [1.82, 2.24) is 0 Å². The Morgan fingerprint density at radius 1 is 1.04 bits per heavy atom. The fourth-order valence-corrected chi connectivity index (χ4v) is 2.92. The summed E-state index contributed by atoms with van der Waals surface area (Å²) in [5.41, 5.74) is 1.27. The van der Waals surface area contributed by atoms with Crippen LogP contribution in [0.2, 0.25) is 0 Å². The first kappa shape index (κ1) is 18.2. The van der Waals surface area contributed by atoms with E-state index in [9.17, 15) is 9.59 Å². The largest absolute Gasteiger partial charge is 0.486 e. The van der Waals surface area contributed by atoms with Gasteiger partial charge in [-0.05, 0) is 31.2 Å². The lowest BCUT2D eigenvalue weighted by Crippen LogP contribution is -2.22. The molecule has 3 aromatic rings. The highest BCUT2D eigenvalue weighted by Gasteiger charge is 2.24. The Kier molecular flexibility index (Phi) is 4.83. The number of nitrogens with one attached hydrogen (secondary N) is 2. The summed E-state index contributed by atoms with van der Waals surface area (Å²) in [7, 11) is 0. The number of ether oxygens (including phenoxy) is 2. The minimum atomic E-state index is -0.762. The molecule has 4 rings (SSSR count). The van der Waals surface area contributed by atoms with Crippen molar-refractivity contribution < 1.29 is 23.5 Å². The molecule has 2 amide bonds. The average Bonchev–Trinajstić information content (AvgIpc) is 3.06. The van der Waals surface area contributed by atoms with Gasteiger partial charge in [0.1, 0.15) is 29.9 Å². The third kappa shape index (κ3) is 3.48. The molecule has 0 spiro atoms. The smallest absolute Gasteiger partial charge is 0.293 e. The number of amides is 2. The fourth-order valence-electron chi connectivity index (χ4n) is 2.86. The predicted molar refractivity (Wildman–Crippen MR) is 106 cm³/mol. The van der Waals surface area contributed by atoms with Crippen LogP contribution in [0.15, 0.2) is 46.9 Å². The average molecular weight is 401 g/mol. The topological polar surface area (TPSA) is 89.8 Å². The summed E-state index contributed by atoms with van der Waals surface area (Å²) in [5, 5.41) is 5.29. The number of fused-ring (bicyclic) bond motifs is 2. The van der Waals surface area contributed by atoms with Gasteiger partial charge < -0.3 is 24.5 Å².